The molecule has 0 bridgehead atoms. The van der Waals surface area contributed by atoms with Crippen LogP contribution in [0.5, 0.6) is 5.75 Å². The maximum Gasteiger partial charge on any atom is 0.253 e. The van der Waals surface area contributed by atoms with Crippen molar-refractivity contribution in [3.8, 4) is 5.75 Å². The molecule has 2 aromatic carbocycles. The molecule has 0 spiro atoms. The Hall–Kier alpha value is -3.02. The number of para-hydroxylation sites is 2. The quantitative estimate of drug-likeness (QED) is 0.855. The van der Waals surface area contributed by atoms with Crippen LogP contribution in [-0.2, 0) is 4.79 Å². The molecule has 0 fully saturated rings. The standard InChI is InChI=1S/C18H21N3O3/c1-21(2)18(23)13-8-10-14(11-9-13)19-12-17(22)20-15-6-4-5-7-16(15)24-3/h4-11,19H,12H2,1-3H3,(H,20,22). The van der Waals surface area contributed by atoms with Gasteiger partial charge in [0.25, 0.3) is 5.91 Å². The fraction of sp³-hybridized carbons (Fsp3) is 0.222. The predicted molar refractivity (Wildman–Crippen MR) is 94.6 cm³/mol. The van der Waals surface area contributed by atoms with E-state index >= 15 is 0 Å². The van der Waals surface area contributed by atoms with Crippen molar-refractivity contribution in [2.24, 2.45) is 0 Å². The molecule has 0 aromatic heterocycles. The molecule has 24 heavy (non-hydrogen) atoms. The van der Waals surface area contributed by atoms with E-state index in [0.717, 1.165) is 5.69 Å². The average Bonchev–Trinajstić information content (AvgIpc) is 2.60. The number of nitrogens with zero attached hydrogens (tertiary/aromatic N) is 1. The Kier molecular flexibility index (Phi) is 5.78. The highest BCUT2D eigenvalue weighted by Crippen LogP contribution is 2.22. The van der Waals surface area contributed by atoms with Crippen LogP contribution in [0.1, 0.15) is 10.4 Å². The van der Waals surface area contributed by atoms with Gasteiger partial charge >= 0.3 is 0 Å². The lowest BCUT2D eigenvalue weighted by atomic mass is 10.2. The summed E-state index contributed by atoms with van der Waals surface area (Å²) in [5, 5.41) is 5.81. The highest BCUT2D eigenvalue weighted by molar-refractivity contribution is 5.96. The normalized spacial score (nSPS) is 9.96. The van der Waals surface area contributed by atoms with Gasteiger partial charge < -0.3 is 20.3 Å². The summed E-state index contributed by atoms with van der Waals surface area (Å²) in [6.07, 6.45) is 0. The molecule has 0 unspecified atom stereocenters. The number of rotatable bonds is 6. The van der Waals surface area contributed by atoms with E-state index in [4.69, 9.17) is 4.74 Å². The van der Waals surface area contributed by atoms with Gasteiger partial charge in [-0.2, -0.15) is 0 Å². The SMILES string of the molecule is COc1ccccc1NC(=O)CNc1ccc(C(=O)N(C)C)cc1. The van der Waals surface area contributed by atoms with Gasteiger partial charge in [0.05, 0.1) is 19.3 Å². The lowest BCUT2D eigenvalue weighted by Gasteiger charge is -2.12. The summed E-state index contributed by atoms with van der Waals surface area (Å²) in [6, 6.07) is 14.2. The zero-order valence-electron chi connectivity index (χ0n) is 14.0. The molecule has 6 nitrogen and oxygen atoms in total. The zero-order valence-corrected chi connectivity index (χ0v) is 14.0. The van der Waals surface area contributed by atoms with Crippen molar-refractivity contribution in [1.82, 2.24) is 4.90 Å². The number of hydrogen-bond donors (Lipinski definition) is 2. The van der Waals surface area contributed by atoms with Crippen molar-refractivity contribution in [2.45, 2.75) is 0 Å². The number of ether oxygens (including phenoxy) is 1. The second-order valence-electron chi connectivity index (χ2n) is 5.38. The summed E-state index contributed by atoms with van der Waals surface area (Å²) in [5.41, 5.74) is 1.99. The highest BCUT2D eigenvalue weighted by Gasteiger charge is 2.09. The van der Waals surface area contributed by atoms with Gasteiger partial charge in [0.2, 0.25) is 5.91 Å². The Labute approximate surface area is 141 Å². The summed E-state index contributed by atoms with van der Waals surface area (Å²) >= 11 is 0. The summed E-state index contributed by atoms with van der Waals surface area (Å²) in [4.78, 5) is 25.4. The van der Waals surface area contributed by atoms with Crippen LogP contribution in [0.3, 0.4) is 0 Å². The van der Waals surface area contributed by atoms with Crippen LogP contribution in [0, 0.1) is 0 Å². The fourth-order valence-corrected chi connectivity index (χ4v) is 2.11. The lowest BCUT2D eigenvalue weighted by Crippen LogP contribution is -2.22. The van der Waals surface area contributed by atoms with E-state index in [-0.39, 0.29) is 18.4 Å². The van der Waals surface area contributed by atoms with Crippen molar-refractivity contribution in [3.63, 3.8) is 0 Å². The second-order valence-corrected chi connectivity index (χ2v) is 5.38. The maximum atomic E-state index is 12.0. The first-order valence-corrected chi connectivity index (χ1v) is 7.49. The molecule has 2 amide bonds. The zero-order chi connectivity index (χ0) is 17.5. The molecule has 0 aliphatic rings. The van der Waals surface area contributed by atoms with Crippen molar-refractivity contribution in [2.75, 3.05) is 38.4 Å². The molecule has 0 saturated heterocycles. The minimum Gasteiger partial charge on any atom is -0.495 e. The van der Waals surface area contributed by atoms with Crippen LogP contribution in [0.4, 0.5) is 11.4 Å². The first-order valence-electron chi connectivity index (χ1n) is 7.49. The third-order valence-electron chi connectivity index (χ3n) is 3.37. The third kappa shape index (κ3) is 4.49. The molecular weight excluding hydrogens is 306 g/mol. The number of methoxy groups -OCH3 is 1. The Bertz CT molecular complexity index is 712. The van der Waals surface area contributed by atoms with Gasteiger partial charge in [0.1, 0.15) is 5.75 Å². The lowest BCUT2D eigenvalue weighted by molar-refractivity contribution is -0.114. The topological polar surface area (TPSA) is 70.7 Å². The van der Waals surface area contributed by atoms with Gasteiger partial charge in [-0.15, -0.1) is 0 Å². The smallest absolute Gasteiger partial charge is 0.253 e. The number of benzene rings is 2. The first kappa shape index (κ1) is 17.3. The molecule has 0 aliphatic heterocycles. The number of carbonyl (C=O) groups excluding carboxylic acids is 2. The monoisotopic (exact) mass is 327 g/mol. The fourth-order valence-electron chi connectivity index (χ4n) is 2.11. The van der Waals surface area contributed by atoms with Gasteiger partial charge in [-0.1, -0.05) is 12.1 Å². The van der Waals surface area contributed by atoms with Crippen LogP contribution in [0.2, 0.25) is 0 Å². The molecule has 0 radical (unpaired) electrons. The van der Waals surface area contributed by atoms with Gasteiger partial charge in [0.15, 0.2) is 0 Å². The van der Waals surface area contributed by atoms with E-state index in [1.807, 2.05) is 12.1 Å². The van der Waals surface area contributed by atoms with Crippen molar-refractivity contribution in [1.29, 1.82) is 0 Å². The molecule has 0 heterocycles. The molecule has 2 aromatic rings. The van der Waals surface area contributed by atoms with Crippen LogP contribution in [0.25, 0.3) is 0 Å². The minimum absolute atomic E-state index is 0.0598. The van der Waals surface area contributed by atoms with Gasteiger partial charge in [-0.3, -0.25) is 9.59 Å². The second kappa shape index (κ2) is 8.01. The van der Waals surface area contributed by atoms with E-state index in [0.29, 0.717) is 17.0 Å². The molecule has 0 aliphatic carbocycles. The third-order valence-corrected chi connectivity index (χ3v) is 3.37. The number of anilines is 2. The number of carbonyl (C=O) groups is 2. The minimum atomic E-state index is -0.187. The molecular formula is C18H21N3O3. The highest BCUT2D eigenvalue weighted by atomic mass is 16.5. The summed E-state index contributed by atoms with van der Waals surface area (Å²) in [7, 11) is 4.97. The Balaban J connectivity index is 1.91. The first-order chi connectivity index (χ1) is 11.5. The summed E-state index contributed by atoms with van der Waals surface area (Å²) in [6.45, 7) is 0.110. The average molecular weight is 327 g/mol. The largest absolute Gasteiger partial charge is 0.495 e. The maximum absolute atomic E-state index is 12.0. The van der Waals surface area contributed by atoms with E-state index in [9.17, 15) is 9.59 Å². The molecule has 0 atom stereocenters. The van der Waals surface area contributed by atoms with E-state index in [1.54, 1.807) is 57.6 Å². The predicted octanol–water partition coefficient (Wildman–Crippen LogP) is 2.45. The number of nitrogens with one attached hydrogen (secondary N) is 2. The van der Waals surface area contributed by atoms with Crippen molar-refractivity contribution >= 4 is 23.2 Å². The molecule has 6 heteroatoms. The molecule has 126 valence electrons. The van der Waals surface area contributed by atoms with Crippen LogP contribution < -0.4 is 15.4 Å². The Morgan fingerprint density at radius 3 is 2.33 bits per heavy atom. The molecule has 2 N–H and O–H groups in total. The van der Waals surface area contributed by atoms with Gasteiger partial charge in [0, 0.05) is 25.3 Å². The Morgan fingerprint density at radius 1 is 1.04 bits per heavy atom. The Morgan fingerprint density at radius 2 is 1.71 bits per heavy atom. The van der Waals surface area contributed by atoms with E-state index < -0.39 is 0 Å². The van der Waals surface area contributed by atoms with Gasteiger partial charge in [-0.25, -0.2) is 0 Å². The van der Waals surface area contributed by atoms with E-state index in [1.165, 1.54) is 4.90 Å². The van der Waals surface area contributed by atoms with Crippen molar-refractivity contribution < 1.29 is 14.3 Å². The van der Waals surface area contributed by atoms with Crippen LogP contribution in [0.15, 0.2) is 48.5 Å². The molecule has 0 saturated carbocycles. The van der Waals surface area contributed by atoms with Gasteiger partial charge in [-0.05, 0) is 36.4 Å². The molecule has 2 rings (SSSR count). The van der Waals surface area contributed by atoms with E-state index in [2.05, 4.69) is 10.6 Å². The van der Waals surface area contributed by atoms with Crippen molar-refractivity contribution in [3.05, 3.63) is 54.1 Å². The van der Waals surface area contributed by atoms with Crippen LogP contribution >= 0.6 is 0 Å². The number of hydrogen-bond acceptors (Lipinski definition) is 4. The summed E-state index contributed by atoms with van der Waals surface area (Å²) < 4.78 is 5.19. The number of amides is 2. The summed E-state index contributed by atoms with van der Waals surface area (Å²) in [5.74, 6) is 0.362. The van der Waals surface area contributed by atoms with Crippen LogP contribution in [-0.4, -0.2) is 44.5 Å².